The van der Waals surface area contributed by atoms with E-state index in [-0.39, 0.29) is 10.7 Å². The monoisotopic (exact) mass is 394 g/mol. The first-order valence-corrected chi connectivity index (χ1v) is 10.9. The van der Waals surface area contributed by atoms with Crippen LogP contribution in [0.1, 0.15) is 40.0 Å². The summed E-state index contributed by atoms with van der Waals surface area (Å²) in [5, 5.41) is 2.96. The van der Waals surface area contributed by atoms with Gasteiger partial charge in [-0.2, -0.15) is 0 Å². The summed E-state index contributed by atoms with van der Waals surface area (Å²) in [6.07, 6.45) is 2.08. The van der Waals surface area contributed by atoms with Crippen molar-refractivity contribution < 1.29 is 9.35 Å². The maximum atomic E-state index is 12.1. The van der Waals surface area contributed by atoms with Gasteiger partial charge >= 0.3 is 0 Å². The Balaban J connectivity index is 1.65. The van der Waals surface area contributed by atoms with E-state index in [1.54, 1.807) is 0 Å². The van der Waals surface area contributed by atoms with Crippen LogP contribution in [0.25, 0.3) is 0 Å². The van der Waals surface area contributed by atoms with E-state index in [2.05, 4.69) is 39.0 Å². The normalized spacial score (nSPS) is 17.0. The molecule has 27 heavy (non-hydrogen) atoms. The van der Waals surface area contributed by atoms with Crippen molar-refractivity contribution in [2.45, 2.75) is 44.8 Å². The van der Waals surface area contributed by atoms with Gasteiger partial charge in [-0.3, -0.25) is 4.79 Å². The number of likely N-dealkylation sites (N-methyl/N-ethyl adjacent to an activating group) is 1. The standard InChI is InChI=1S/C20H34N4O2S/c1-20(2,3)27(26)21-12-6-5-7-19(25)22-17-8-10-18(11-9-17)24-15-13-23(4)14-16-24/h8-11,21H,5-7,12-16H2,1-4H3,(H,22,25). The number of hydrogen-bond acceptors (Lipinski definition) is 5. The second-order valence-electron chi connectivity index (χ2n) is 8.12. The van der Waals surface area contributed by atoms with E-state index in [9.17, 15) is 9.35 Å². The SMILES string of the molecule is CN1CCN(c2ccc(NC(=O)CCCCN[S+]([O-])C(C)(C)C)cc2)CC1. The quantitative estimate of drug-likeness (QED) is 0.524. The third-order valence-corrected chi connectivity index (χ3v) is 6.22. The molecule has 0 spiro atoms. The average Bonchev–Trinajstić information content (AvgIpc) is 2.62. The van der Waals surface area contributed by atoms with Gasteiger partial charge in [-0.1, -0.05) is 0 Å². The number of benzene rings is 1. The smallest absolute Gasteiger partial charge is 0.224 e. The van der Waals surface area contributed by atoms with Crippen LogP contribution < -0.4 is 14.9 Å². The van der Waals surface area contributed by atoms with Gasteiger partial charge in [0.25, 0.3) is 0 Å². The van der Waals surface area contributed by atoms with Crippen LogP contribution in [0.15, 0.2) is 24.3 Å². The first-order valence-electron chi connectivity index (χ1n) is 9.74. The predicted octanol–water partition coefficient (Wildman–Crippen LogP) is 2.60. The lowest BCUT2D eigenvalue weighted by atomic mass is 10.2. The Morgan fingerprint density at radius 3 is 2.33 bits per heavy atom. The molecule has 1 unspecified atom stereocenters. The number of anilines is 2. The van der Waals surface area contributed by atoms with Crippen LogP contribution >= 0.6 is 0 Å². The van der Waals surface area contributed by atoms with Crippen LogP contribution in [0.4, 0.5) is 11.4 Å². The summed E-state index contributed by atoms with van der Waals surface area (Å²) in [5.74, 6) is 0.0271. The fourth-order valence-electron chi connectivity index (χ4n) is 2.84. The van der Waals surface area contributed by atoms with E-state index >= 15 is 0 Å². The second-order valence-corrected chi connectivity index (χ2v) is 10.2. The van der Waals surface area contributed by atoms with E-state index < -0.39 is 11.4 Å². The molecular weight excluding hydrogens is 360 g/mol. The molecule has 0 radical (unpaired) electrons. The molecule has 1 aliphatic heterocycles. The number of nitrogens with zero attached hydrogens (tertiary/aromatic N) is 2. The van der Waals surface area contributed by atoms with Crippen LogP contribution in [-0.2, 0) is 16.2 Å². The van der Waals surface area contributed by atoms with Crippen LogP contribution in [0, 0.1) is 0 Å². The van der Waals surface area contributed by atoms with Gasteiger partial charge in [0.15, 0.2) is 0 Å². The molecule has 2 rings (SSSR count). The highest BCUT2D eigenvalue weighted by atomic mass is 32.2. The molecule has 1 amide bonds. The molecule has 7 heteroatoms. The molecule has 0 aliphatic carbocycles. The number of piperazine rings is 1. The van der Waals surface area contributed by atoms with Crippen LogP contribution in [0.3, 0.4) is 0 Å². The zero-order valence-corrected chi connectivity index (χ0v) is 17.9. The zero-order valence-electron chi connectivity index (χ0n) is 17.1. The molecule has 0 bridgehead atoms. The van der Waals surface area contributed by atoms with Gasteiger partial charge in [0.2, 0.25) is 5.91 Å². The second kappa shape index (κ2) is 10.3. The van der Waals surface area contributed by atoms with Gasteiger partial charge in [-0.15, -0.1) is 4.72 Å². The highest BCUT2D eigenvalue weighted by Crippen LogP contribution is 2.19. The molecule has 1 atom stereocenters. The van der Waals surface area contributed by atoms with Gasteiger partial charge in [0.1, 0.15) is 4.75 Å². The van der Waals surface area contributed by atoms with Crippen molar-refractivity contribution in [1.82, 2.24) is 9.62 Å². The van der Waals surface area contributed by atoms with E-state index in [1.165, 1.54) is 5.69 Å². The molecule has 0 aromatic heterocycles. The lowest BCUT2D eigenvalue weighted by Crippen LogP contribution is -2.44. The number of amides is 1. The van der Waals surface area contributed by atoms with Crippen LogP contribution in [-0.4, -0.2) is 59.9 Å². The number of carbonyl (C=O) groups is 1. The van der Waals surface area contributed by atoms with Gasteiger partial charge < -0.3 is 19.7 Å². The molecule has 1 aliphatic rings. The fraction of sp³-hybridized carbons (Fsp3) is 0.650. The van der Waals surface area contributed by atoms with Crippen molar-refractivity contribution in [1.29, 1.82) is 0 Å². The number of rotatable bonds is 8. The highest BCUT2D eigenvalue weighted by Gasteiger charge is 2.25. The molecule has 1 aromatic carbocycles. The number of nitrogens with one attached hydrogen (secondary N) is 2. The van der Waals surface area contributed by atoms with Crippen molar-refractivity contribution in [3.8, 4) is 0 Å². The third-order valence-electron chi connectivity index (χ3n) is 4.64. The molecule has 1 fully saturated rings. The third kappa shape index (κ3) is 7.70. The minimum absolute atomic E-state index is 0.0271. The van der Waals surface area contributed by atoms with Crippen molar-refractivity contribution in [2.75, 3.05) is 50.0 Å². The van der Waals surface area contributed by atoms with E-state index in [1.807, 2.05) is 32.9 Å². The van der Waals surface area contributed by atoms with Crippen LogP contribution in [0.5, 0.6) is 0 Å². The van der Waals surface area contributed by atoms with Crippen molar-refractivity contribution in [2.24, 2.45) is 0 Å². The van der Waals surface area contributed by atoms with Gasteiger partial charge in [0.05, 0.1) is 0 Å². The lowest BCUT2D eigenvalue weighted by molar-refractivity contribution is -0.116. The Bertz CT molecular complexity index is 581. The maximum absolute atomic E-state index is 12.1. The molecule has 2 N–H and O–H groups in total. The molecule has 152 valence electrons. The lowest BCUT2D eigenvalue weighted by Gasteiger charge is -2.34. The summed E-state index contributed by atoms with van der Waals surface area (Å²) in [5.41, 5.74) is 2.05. The summed E-state index contributed by atoms with van der Waals surface area (Å²) >= 11 is -1.05. The number of unbranched alkanes of at least 4 members (excludes halogenated alkanes) is 1. The Labute approximate surface area is 167 Å². The van der Waals surface area contributed by atoms with Gasteiger partial charge in [0, 0.05) is 61.9 Å². The first kappa shape index (κ1) is 22.0. The summed E-state index contributed by atoms with van der Waals surface area (Å²) < 4.78 is 14.6. The summed E-state index contributed by atoms with van der Waals surface area (Å²) in [6, 6.07) is 8.10. The topological polar surface area (TPSA) is 70.7 Å². The molecule has 1 aromatic rings. The van der Waals surface area contributed by atoms with E-state index in [0.717, 1.165) is 44.7 Å². The largest absolute Gasteiger partial charge is 0.598 e. The molecule has 1 heterocycles. The fourth-order valence-corrected chi connectivity index (χ4v) is 3.60. The van der Waals surface area contributed by atoms with Crippen molar-refractivity contribution in [3.63, 3.8) is 0 Å². The van der Waals surface area contributed by atoms with Crippen molar-refractivity contribution >= 4 is 28.6 Å². The minimum Gasteiger partial charge on any atom is -0.598 e. The first-order chi connectivity index (χ1) is 12.8. The molecule has 6 nitrogen and oxygen atoms in total. The van der Waals surface area contributed by atoms with Crippen LogP contribution in [0.2, 0.25) is 0 Å². The predicted molar refractivity (Wildman–Crippen MR) is 115 cm³/mol. The summed E-state index contributed by atoms with van der Waals surface area (Å²) in [4.78, 5) is 16.8. The number of carbonyl (C=O) groups excluding carboxylic acids is 1. The summed E-state index contributed by atoms with van der Waals surface area (Å²) in [6.45, 7) is 10.7. The Hall–Kier alpha value is -1.28. The maximum Gasteiger partial charge on any atom is 0.224 e. The zero-order chi connectivity index (χ0) is 19.9. The Morgan fingerprint density at radius 1 is 1.11 bits per heavy atom. The van der Waals surface area contributed by atoms with Gasteiger partial charge in [-0.25, -0.2) is 0 Å². The van der Waals surface area contributed by atoms with E-state index in [0.29, 0.717) is 13.0 Å². The Kier molecular flexibility index (Phi) is 8.41. The minimum atomic E-state index is -1.05. The van der Waals surface area contributed by atoms with E-state index in [4.69, 9.17) is 0 Å². The number of hydrogen-bond donors (Lipinski definition) is 2. The average molecular weight is 395 g/mol. The molecule has 0 saturated carbocycles. The Morgan fingerprint density at radius 2 is 1.74 bits per heavy atom. The van der Waals surface area contributed by atoms with Crippen molar-refractivity contribution in [3.05, 3.63) is 24.3 Å². The highest BCUT2D eigenvalue weighted by molar-refractivity contribution is 7.90. The molecular formula is C20H34N4O2S. The van der Waals surface area contributed by atoms with Gasteiger partial charge in [-0.05, 0) is 64.9 Å². The summed E-state index contributed by atoms with van der Waals surface area (Å²) in [7, 11) is 2.15. The molecule has 1 saturated heterocycles.